The van der Waals surface area contributed by atoms with E-state index in [0.717, 1.165) is 5.69 Å². The van der Waals surface area contributed by atoms with Crippen LogP contribution in [0.25, 0.3) is 0 Å². The Kier molecular flexibility index (Phi) is 6.43. The molecule has 1 aliphatic heterocycles. The van der Waals surface area contributed by atoms with Crippen LogP contribution in [-0.2, 0) is 4.74 Å². The Balaban J connectivity index is 1.59. The number of rotatable bonds is 4. The van der Waals surface area contributed by atoms with E-state index in [9.17, 15) is 19.6 Å². The number of amides is 2. The summed E-state index contributed by atoms with van der Waals surface area (Å²) in [4.78, 5) is 39.4. The molecule has 0 radical (unpaired) electrons. The smallest absolute Gasteiger partial charge is 0.410 e. The van der Waals surface area contributed by atoms with Crippen molar-refractivity contribution in [2.45, 2.75) is 26.4 Å². The van der Waals surface area contributed by atoms with E-state index in [1.54, 1.807) is 17.0 Å². The molecule has 0 unspecified atom stereocenters. The van der Waals surface area contributed by atoms with Crippen LogP contribution >= 0.6 is 0 Å². The van der Waals surface area contributed by atoms with Gasteiger partial charge in [0.05, 0.1) is 5.56 Å². The van der Waals surface area contributed by atoms with Gasteiger partial charge in [0.1, 0.15) is 17.0 Å². The minimum absolute atomic E-state index is 0.00246. The van der Waals surface area contributed by atoms with Gasteiger partial charge >= 0.3 is 6.09 Å². The molecule has 0 aliphatic carbocycles. The molecule has 2 amide bonds. The van der Waals surface area contributed by atoms with Gasteiger partial charge in [-0.2, -0.15) is 0 Å². The number of carbonyl (C=O) groups excluding carboxylic acids is 2. The second kappa shape index (κ2) is 9.03. The molecule has 9 nitrogen and oxygen atoms in total. The first kappa shape index (κ1) is 22.1. The molecule has 164 valence electrons. The van der Waals surface area contributed by atoms with Gasteiger partial charge in [0.25, 0.3) is 5.91 Å². The molecule has 31 heavy (non-hydrogen) atoms. The zero-order chi connectivity index (χ0) is 22.6. The van der Waals surface area contributed by atoms with Crippen molar-refractivity contribution in [1.82, 2.24) is 4.90 Å². The molecule has 1 heterocycles. The highest BCUT2D eigenvalue weighted by Gasteiger charge is 2.26. The summed E-state index contributed by atoms with van der Waals surface area (Å²) in [5.41, 5.74) is 0.943. The molecule has 0 spiro atoms. The second-order valence-electron chi connectivity index (χ2n) is 8.25. The molecule has 0 saturated carbocycles. The third-order valence-electron chi connectivity index (χ3n) is 4.74. The quantitative estimate of drug-likeness (QED) is 0.712. The van der Waals surface area contributed by atoms with E-state index in [-0.39, 0.29) is 23.1 Å². The summed E-state index contributed by atoms with van der Waals surface area (Å²) in [6.07, 6.45) is -0.304. The topological polar surface area (TPSA) is 112 Å². The number of ether oxygens (including phenoxy) is 1. The predicted octanol–water partition coefficient (Wildman–Crippen LogP) is 4.10. The van der Waals surface area contributed by atoms with Crippen molar-refractivity contribution in [3.8, 4) is 5.75 Å². The number of nitroso groups, excluding NO2 is 1. The van der Waals surface area contributed by atoms with Gasteiger partial charge in [0, 0.05) is 37.6 Å². The van der Waals surface area contributed by atoms with Crippen molar-refractivity contribution >= 4 is 29.1 Å². The molecule has 1 fully saturated rings. The third kappa shape index (κ3) is 5.71. The Morgan fingerprint density at radius 2 is 1.68 bits per heavy atom. The Morgan fingerprint density at radius 1 is 1.03 bits per heavy atom. The second-order valence-corrected chi connectivity index (χ2v) is 8.25. The molecular weight excluding hydrogens is 400 g/mol. The van der Waals surface area contributed by atoms with Gasteiger partial charge in [0.15, 0.2) is 0 Å². The lowest BCUT2D eigenvalue weighted by molar-refractivity contribution is 0.0240. The van der Waals surface area contributed by atoms with Gasteiger partial charge in [-0.25, -0.2) is 4.79 Å². The first-order valence-electron chi connectivity index (χ1n) is 9.97. The number of carbonyl (C=O) groups is 2. The number of benzene rings is 2. The fourth-order valence-corrected chi connectivity index (χ4v) is 3.21. The van der Waals surface area contributed by atoms with Gasteiger partial charge in [0.2, 0.25) is 0 Å². The summed E-state index contributed by atoms with van der Waals surface area (Å²) in [5, 5.41) is 15.1. The van der Waals surface area contributed by atoms with Gasteiger partial charge in [-0.15, -0.1) is 4.91 Å². The number of phenolic OH excluding ortho intramolecular Hbond substituents is 1. The van der Waals surface area contributed by atoms with Crippen LogP contribution in [0.4, 0.5) is 21.9 Å². The van der Waals surface area contributed by atoms with Crippen LogP contribution in [0.5, 0.6) is 5.75 Å². The maximum Gasteiger partial charge on any atom is 0.410 e. The highest BCUT2D eigenvalue weighted by atomic mass is 16.6. The van der Waals surface area contributed by atoms with Gasteiger partial charge in [-0.05, 0) is 68.4 Å². The predicted molar refractivity (Wildman–Crippen MR) is 118 cm³/mol. The molecule has 1 saturated heterocycles. The van der Waals surface area contributed by atoms with E-state index < -0.39 is 11.5 Å². The Labute approximate surface area is 180 Å². The largest absolute Gasteiger partial charge is 0.508 e. The van der Waals surface area contributed by atoms with Crippen LogP contribution in [-0.4, -0.2) is 53.8 Å². The monoisotopic (exact) mass is 426 g/mol. The Morgan fingerprint density at radius 3 is 2.26 bits per heavy atom. The maximum absolute atomic E-state index is 12.5. The molecule has 2 aromatic carbocycles. The molecule has 3 rings (SSSR count). The van der Waals surface area contributed by atoms with Crippen molar-refractivity contribution in [2.24, 2.45) is 5.18 Å². The summed E-state index contributed by atoms with van der Waals surface area (Å²) in [7, 11) is 0. The number of aromatic hydroxyl groups is 1. The molecule has 0 aromatic heterocycles. The number of piperazine rings is 1. The van der Waals surface area contributed by atoms with Crippen LogP contribution in [0.15, 0.2) is 47.6 Å². The lowest BCUT2D eigenvalue weighted by Crippen LogP contribution is -2.50. The molecule has 2 N–H and O–H groups in total. The zero-order valence-corrected chi connectivity index (χ0v) is 17.8. The summed E-state index contributed by atoms with van der Waals surface area (Å²) in [6.45, 7) is 8.00. The SMILES string of the molecule is CC(C)(C)OC(=O)N1CCN(c2ccc(NC(=O)c3cc(O)ccc3N=O)cc2)CC1. The van der Waals surface area contributed by atoms with E-state index in [1.165, 1.54) is 18.2 Å². The number of hydrogen-bond donors (Lipinski definition) is 2. The van der Waals surface area contributed by atoms with Crippen molar-refractivity contribution in [2.75, 3.05) is 36.4 Å². The van der Waals surface area contributed by atoms with Gasteiger partial charge in [-0.1, -0.05) is 0 Å². The van der Waals surface area contributed by atoms with Gasteiger partial charge < -0.3 is 25.0 Å². The average molecular weight is 426 g/mol. The Bertz CT molecular complexity index is 961. The van der Waals surface area contributed by atoms with E-state index >= 15 is 0 Å². The fraction of sp³-hybridized carbons (Fsp3) is 0.364. The average Bonchev–Trinajstić information content (AvgIpc) is 2.73. The fourth-order valence-electron chi connectivity index (χ4n) is 3.21. The Hall–Kier alpha value is -3.62. The zero-order valence-electron chi connectivity index (χ0n) is 17.8. The van der Waals surface area contributed by atoms with Crippen LogP contribution in [0, 0.1) is 4.91 Å². The number of nitrogens with zero attached hydrogens (tertiary/aromatic N) is 3. The maximum atomic E-state index is 12.5. The number of anilines is 2. The highest BCUT2D eigenvalue weighted by molar-refractivity contribution is 6.07. The van der Waals surface area contributed by atoms with E-state index in [2.05, 4.69) is 15.4 Å². The first-order chi connectivity index (χ1) is 14.7. The van der Waals surface area contributed by atoms with E-state index in [1.807, 2.05) is 32.9 Å². The van der Waals surface area contributed by atoms with Crippen molar-refractivity contribution in [3.63, 3.8) is 0 Å². The minimum atomic E-state index is -0.538. The summed E-state index contributed by atoms with van der Waals surface area (Å²) >= 11 is 0. The van der Waals surface area contributed by atoms with E-state index in [4.69, 9.17) is 4.74 Å². The van der Waals surface area contributed by atoms with Crippen molar-refractivity contribution in [3.05, 3.63) is 52.9 Å². The summed E-state index contributed by atoms with van der Waals surface area (Å²) in [5.74, 6) is -0.664. The van der Waals surface area contributed by atoms with Crippen molar-refractivity contribution in [1.29, 1.82) is 0 Å². The lowest BCUT2D eigenvalue weighted by atomic mass is 10.1. The normalized spacial score (nSPS) is 14.2. The van der Waals surface area contributed by atoms with E-state index in [0.29, 0.717) is 31.9 Å². The third-order valence-corrected chi connectivity index (χ3v) is 4.74. The molecule has 9 heteroatoms. The summed E-state index contributed by atoms with van der Waals surface area (Å²) in [6, 6.07) is 11.0. The van der Waals surface area contributed by atoms with Crippen LogP contribution in [0.2, 0.25) is 0 Å². The first-order valence-corrected chi connectivity index (χ1v) is 9.97. The van der Waals surface area contributed by atoms with Crippen LogP contribution in [0.3, 0.4) is 0 Å². The molecule has 2 aromatic rings. The standard InChI is InChI=1S/C22H26N4O5/c1-22(2,3)31-21(29)26-12-10-25(11-13-26)16-6-4-15(5-7-16)23-20(28)18-14-17(27)8-9-19(18)24-30/h4-9,14,27H,10-13H2,1-3H3,(H,23,28). The lowest BCUT2D eigenvalue weighted by Gasteiger charge is -2.36. The molecular formula is C22H26N4O5. The van der Waals surface area contributed by atoms with Crippen LogP contribution < -0.4 is 10.2 Å². The number of phenols is 1. The number of hydrogen-bond acceptors (Lipinski definition) is 7. The summed E-state index contributed by atoms with van der Waals surface area (Å²) < 4.78 is 5.42. The van der Waals surface area contributed by atoms with Gasteiger partial charge in [-0.3, -0.25) is 4.79 Å². The molecule has 0 atom stereocenters. The highest BCUT2D eigenvalue weighted by Crippen LogP contribution is 2.26. The van der Waals surface area contributed by atoms with Crippen molar-refractivity contribution < 1.29 is 19.4 Å². The minimum Gasteiger partial charge on any atom is -0.508 e. The number of nitrogens with one attached hydrogen (secondary N) is 1. The molecule has 0 bridgehead atoms. The van der Waals surface area contributed by atoms with Crippen LogP contribution in [0.1, 0.15) is 31.1 Å². The molecule has 1 aliphatic rings.